The van der Waals surface area contributed by atoms with E-state index in [0.717, 1.165) is 5.56 Å². The van der Waals surface area contributed by atoms with Gasteiger partial charge in [0.25, 0.3) is 11.8 Å². The lowest BCUT2D eigenvalue weighted by Crippen LogP contribution is -2.41. The van der Waals surface area contributed by atoms with Gasteiger partial charge in [-0.25, -0.2) is 0 Å². The van der Waals surface area contributed by atoms with Crippen LogP contribution in [-0.4, -0.2) is 43.6 Å². The Labute approximate surface area is 169 Å². The molecule has 2 amide bonds. The summed E-state index contributed by atoms with van der Waals surface area (Å²) in [6.45, 7) is 2.10. The molecule has 1 aliphatic heterocycles. The predicted molar refractivity (Wildman–Crippen MR) is 108 cm³/mol. The van der Waals surface area contributed by atoms with E-state index < -0.39 is 12.1 Å². The van der Waals surface area contributed by atoms with E-state index in [2.05, 4.69) is 5.32 Å². The number of para-hydroxylation sites is 2. The van der Waals surface area contributed by atoms with E-state index in [0.29, 0.717) is 24.4 Å². The Balaban J connectivity index is 1.43. The maximum Gasteiger partial charge on any atom is 0.308 e. The second kappa shape index (κ2) is 9.73. The van der Waals surface area contributed by atoms with Crippen LogP contribution in [0.1, 0.15) is 18.9 Å². The normalized spacial score (nSPS) is 13.8. The van der Waals surface area contributed by atoms with Gasteiger partial charge in [0.05, 0.1) is 12.1 Å². The molecule has 7 nitrogen and oxygen atoms in total. The van der Waals surface area contributed by atoms with Crippen molar-refractivity contribution in [1.82, 2.24) is 5.32 Å². The van der Waals surface area contributed by atoms with Gasteiger partial charge in [-0.15, -0.1) is 0 Å². The monoisotopic (exact) mass is 396 g/mol. The van der Waals surface area contributed by atoms with Crippen LogP contribution in [0.5, 0.6) is 5.75 Å². The van der Waals surface area contributed by atoms with Crippen LogP contribution in [0.25, 0.3) is 0 Å². The first-order chi connectivity index (χ1) is 14.0. The molecule has 0 aliphatic carbocycles. The van der Waals surface area contributed by atoms with Gasteiger partial charge in [0.1, 0.15) is 5.75 Å². The highest BCUT2D eigenvalue weighted by Gasteiger charge is 2.26. The summed E-state index contributed by atoms with van der Waals surface area (Å²) in [5.41, 5.74) is 1.75. The molecule has 0 unspecified atom stereocenters. The topological polar surface area (TPSA) is 84.9 Å². The predicted octanol–water partition coefficient (Wildman–Crippen LogP) is 2.09. The number of esters is 1. The molecule has 0 bridgehead atoms. The lowest BCUT2D eigenvalue weighted by molar-refractivity contribution is -0.154. The first-order valence-electron chi connectivity index (χ1n) is 9.58. The Morgan fingerprint density at radius 3 is 2.66 bits per heavy atom. The van der Waals surface area contributed by atoms with Crippen LogP contribution in [0.15, 0.2) is 54.6 Å². The number of benzene rings is 2. The van der Waals surface area contributed by atoms with Crippen LogP contribution in [0, 0.1) is 0 Å². The molecular weight excluding hydrogens is 372 g/mol. The third-order valence-corrected chi connectivity index (χ3v) is 4.58. The minimum atomic E-state index is -0.897. The van der Waals surface area contributed by atoms with Crippen molar-refractivity contribution in [3.8, 4) is 5.75 Å². The molecule has 0 saturated carbocycles. The van der Waals surface area contributed by atoms with E-state index in [-0.39, 0.29) is 31.4 Å². The molecule has 2 aromatic rings. The van der Waals surface area contributed by atoms with Crippen molar-refractivity contribution in [1.29, 1.82) is 0 Å². The van der Waals surface area contributed by atoms with Gasteiger partial charge in [0.15, 0.2) is 12.7 Å². The van der Waals surface area contributed by atoms with Gasteiger partial charge >= 0.3 is 5.97 Å². The summed E-state index contributed by atoms with van der Waals surface area (Å²) in [5, 5.41) is 2.76. The molecule has 2 aromatic carbocycles. The van der Waals surface area contributed by atoms with Gasteiger partial charge < -0.3 is 19.7 Å². The molecule has 0 fully saturated rings. The van der Waals surface area contributed by atoms with Crippen LogP contribution < -0.4 is 15.0 Å². The molecule has 1 atom stereocenters. The zero-order valence-electron chi connectivity index (χ0n) is 16.3. The van der Waals surface area contributed by atoms with E-state index in [1.54, 1.807) is 18.2 Å². The first-order valence-corrected chi connectivity index (χ1v) is 9.58. The third kappa shape index (κ3) is 5.57. The molecule has 7 heteroatoms. The molecule has 3 rings (SSSR count). The number of hydrogen-bond acceptors (Lipinski definition) is 5. The lowest BCUT2D eigenvalue weighted by Gasteiger charge is -2.29. The largest absolute Gasteiger partial charge is 0.482 e. The van der Waals surface area contributed by atoms with Crippen molar-refractivity contribution in [2.45, 2.75) is 25.9 Å². The fourth-order valence-corrected chi connectivity index (χ4v) is 3.03. The fourth-order valence-electron chi connectivity index (χ4n) is 3.03. The molecule has 29 heavy (non-hydrogen) atoms. The average molecular weight is 396 g/mol. The number of amides is 2. The van der Waals surface area contributed by atoms with Crippen LogP contribution in [0.4, 0.5) is 5.69 Å². The number of rotatable bonds is 8. The molecule has 0 spiro atoms. The van der Waals surface area contributed by atoms with Crippen LogP contribution in [0.3, 0.4) is 0 Å². The minimum Gasteiger partial charge on any atom is -0.482 e. The van der Waals surface area contributed by atoms with Gasteiger partial charge in [0, 0.05) is 13.1 Å². The molecule has 0 radical (unpaired) electrons. The first kappa shape index (κ1) is 20.4. The molecular formula is C22H24N2O5. The van der Waals surface area contributed by atoms with Crippen molar-refractivity contribution in [3.05, 3.63) is 60.2 Å². The van der Waals surface area contributed by atoms with Crippen molar-refractivity contribution in [2.24, 2.45) is 0 Å². The highest BCUT2D eigenvalue weighted by atomic mass is 16.5. The Morgan fingerprint density at radius 1 is 1.14 bits per heavy atom. The van der Waals surface area contributed by atoms with Gasteiger partial charge in [-0.3, -0.25) is 14.4 Å². The molecule has 152 valence electrons. The number of carbonyl (C=O) groups is 3. The molecule has 0 aromatic heterocycles. The van der Waals surface area contributed by atoms with Crippen LogP contribution in [-0.2, 0) is 25.5 Å². The van der Waals surface area contributed by atoms with E-state index >= 15 is 0 Å². The minimum absolute atomic E-state index is 0.0122. The van der Waals surface area contributed by atoms with E-state index in [1.807, 2.05) is 36.4 Å². The summed E-state index contributed by atoms with van der Waals surface area (Å²) in [6.07, 6.45) is -0.209. The van der Waals surface area contributed by atoms with E-state index in [9.17, 15) is 14.4 Å². The number of carbonyl (C=O) groups excluding carboxylic acids is 3. The van der Waals surface area contributed by atoms with E-state index in [4.69, 9.17) is 9.47 Å². The Kier molecular flexibility index (Phi) is 6.84. The lowest BCUT2D eigenvalue weighted by atomic mass is 10.1. The molecule has 1 N–H and O–H groups in total. The number of ether oxygens (including phenoxy) is 2. The number of fused-ring (bicyclic) bond motifs is 1. The summed E-state index contributed by atoms with van der Waals surface area (Å²) < 4.78 is 10.6. The summed E-state index contributed by atoms with van der Waals surface area (Å²) in [6, 6.07) is 17.0. The second-order valence-electron chi connectivity index (χ2n) is 6.71. The van der Waals surface area contributed by atoms with Crippen molar-refractivity contribution < 1.29 is 23.9 Å². The summed E-state index contributed by atoms with van der Waals surface area (Å²) in [7, 11) is 0. The van der Waals surface area contributed by atoms with Gasteiger partial charge in [-0.05, 0) is 31.0 Å². The third-order valence-electron chi connectivity index (χ3n) is 4.58. The molecule has 1 aliphatic rings. The second-order valence-corrected chi connectivity index (χ2v) is 6.71. The summed E-state index contributed by atoms with van der Waals surface area (Å²) in [4.78, 5) is 37.9. The van der Waals surface area contributed by atoms with Crippen LogP contribution in [0.2, 0.25) is 0 Å². The van der Waals surface area contributed by atoms with Gasteiger partial charge in [0.2, 0.25) is 0 Å². The summed E-state index contributed by atoms with van der Waals surface area (Å²) >= 11 is 0. The van der Waals surface area contributed by atoms with Crippen LogP contribution >= 0.6 is 0 Å². The number of anilines is 1. The van der Waals surface area contributed by atoms with Crippen molar-refractivity contribution in [3.63, 3.8) is 0 Å². The summed E-state index contributed by atoms with van der Waals surface area (Å²) in [5.74, 6) is -0.496. The standard InChI is InChI=1S/C22H24N2O5/c1-16(22(27)23-13-11-17-7-3-2-4-8-17)29-21(26)12-14-24-18-9-5-6-10-19(18)28-15-20(24)25/h2-10,16H,11-15H2,1H3,(H,23,27)/t16-/m0/s1. The SMILES string of the molecule is C[C@H](OC(=O)CCN1C(=O)COc2ccccc21)C(=O)NCCc1ccccc1. The average Bonchev–Trinajstić information content (AvgIpc) is 2.73. The Hall–Kier alpha value is -3.35. The number of hydrogen-bond donors (Lipinski definition) is 1. The Bertz CT molecular complexity index is 869. The number of nitrogens with zero attached hydrogens (tertiary/aromatic N) is 1. The zero-order valence-corrected chi connectivity index (χ0v) is 16.3. The zero-order chi connectivity index (χ0) is 20.6. The number of nitrogens with one attached hydrogen (secondary N) is 1. The fraction of sp³-hybridized carbons (Fsp3) is 0.318. The van der Waals surface area contributed by atoms with Gasteiger partial charge in [-0.1, -0.05) is 42.5 Å². The van der Waals surface area contributed by atoms with Gasteiger partial charge in [-0.2, -0.15) is 0 Å². The van der Waals surface area contributed by atoms with Crippen molar-refractivity contribution >= 4 is 23.5 Å². The van der Waals surface area contributed by atoms with Crippen molar-refractivity contribution in [2.75, 3.05) is 24.6 Å². The highest BCUT2D eigenvalue weighted by molar-refractivity contribution is 5.98. The smallest absolute Gasteiger partial charge is 0.308 e. The maximum atomic E-state index is 12.1. The molecule has 0 saturated heterocycles. The quantitative estimate of drug-likeness (QED) is 0.691. The molecule has 1 heterocycles. The highest BCUT2D eigenvalue weighted by Crippen LogP contribution is 2.31. The van der Waals surface area contributed by atoms with E-state index in [1.165, 1.54) is 11.8 Å². The maximum absolute atomic E-state index is 12.1. The Morgan fingerprint density at radius 2 is 1.86 bits per heavy atom.